The van der Waals surface area contributed by atoms with Gasteiger partial charge in [0.15, 0.2) is 17.3 Å². The number of ether oxygens (including phenoxy) is 2. The number of rotatable bonds is 7. The van der Waals surface area contributed by atoms with Crippen molar-refractivity contribution >= 4 is 22.6 Å². The van der Waals surface area contributed by atoms with Gasteiger partial charge in [0.1, 0.15) is 12.3 Å². The molecule has 1 aromatic carbocycles. The highest BCUT2D eigenvalue weighted by Gasteiger charge is 2.31. The average Bonchev–Trinajstić information content (AvgIpc) is 3.43. The molecule has 0 saturated carbocycles. The van der Waals surface area contributed by atoms with Gasteiger partial charge in [-0.05, 0) is 37.5 Å². The predicted octanol–water partition coefficient (Wildman–Crippen LogP) is 3.02. The Balaban J connectivity index is 1.90. The van der Waals surface area contributed by atoms with Gasteiger partial charge in [-0.25, -0.2) is 4.98 Å². The van der Waals surface area contributed by atoms with Crippen LogP contribution in [-0.2, 0) is 13.0 Å². The number of thioether (sulfide) groups is 1. The van der Waals surface area contributed by atoms with Crippen LogP contribution in [0, 0.1) is 0 Å². The van der Waals surface area contributed by atoms with Gasteiger partial charge >= 0.3 is 0 Å². The van der Waals surface area contributed by atoms with Crippen molar-refractivity contribution in [3.8, 4) is 22.8 Å². The maximum absolute atomic E-state index is 13.1. The molecule has 1 aromatic heterocycles. The first kappa shape index (κ1) is 20.8. The molecular formula is C22H28N4O3S. The summed E-state index contributed by atoms with van der Waals surface area (Å²) in [6, 6.07) is 4.05. The van der Waals surface area contributed by atoms with Crippen LogP contribution in [0.3, 0.4) is 0 Å². The Kier molecular flexibility index (Phi) is 6.06. The lowest BCUT2D eigenvalue weighted by molar-refractivity contribution is 0.0785. The van der Waals surface area contributed by atoms with Crippen molar-refractivity contribution in [2.45, 2.75) is 26.3 Å². The second-order valence-corrected chi connectivity index (χ2v) is 8.49. The first-order chi connectivity index (χ1) is 14.6. The molecule has 30 heavy (non-hydrogen) atoms. The number of nitrogens with two attached hydrogens (primary N) is 1. The monoisotopic (exact) mass is 428 g/mol. The molecule has 7 nitrogen and oxygen atoms in total. The molecule has 2 aromatic rings. The highest BCUT2D eigenvalue weighted by molar-refractivity contribution is 8.08. The molecule has 0 spiro atoms. The number of amides is 1. The Morgan fingerprint density at radius 3 is 2.87 bits per heavy atom. The number of aromatic nitrogens is 2. The lowest BCUT2D eigenvalue weighted by atomic mass is 9.96. The van der Waals surface area contributed by atoms with E-state index in [-0.39, 0.29) is 5.91 Å². The van der Waals surface area contributed by atoms with E-state index < -0.39 is 0 Å². The molecule has 0 unspecified atom stereocenters. The number of nitrogens with zero attached hydrogens (tertiary/aromatic N) is 3. The van der Waals surface area contributed by atoms with Crippen molar-refractivity contribution in [1.29, 1.82) is 0 Å². The molecule has 0 atom stereocenters. The minimum Gasteiger partial charge on any atom is -0.493 e. The van der Waals surface area contributed by atoms with Crippen LogP contribution in [-0.4, -0.2) is 60.0 Å². The summed E-state index contributed by atoms with van der Waals surface area (Å²) in [6.07, 6.45) is 4.04. The van der Waals surface area contributed by atoms with Crippen molar-refractivity contribution < 1.29 is 14.3 Å². The number of allylic oxidation sites excluding steroid dienone is 1. The second kappa shape index (κ2) is 8.73. The molecule has 2 aliphatic heterocycles. The highest BCUT2D eigenvalue weighted by atomic mass is 32.2. The highest BCUT2D eigenvalue weighted by Crippen LogP contribution is 2.45. The van der Waals surface area contributed by atoms with Gasteiger partial charge in [0, 0.05) is 42.9 Å². The number of fused-ring (bicyclic) bond motifs is 3. The average molecular weight is 429 g/mol. The van der Waals surface area contributed by atoms with E-state index in [0.717, 1.165) is 40.5 Å². The van der Waals surface area contributed by atoms with E-state index in [1.807, 2.05) is 26.1 Å². The van der Waals surface area contributed by atoms with E-state index in [2.05, 4.69) is 10.6 Å². The predicted molar refractivity (Wildman–Crippen MR) is 120 cm³/mol. The molecule has 8 heteroatoms. The molecule has 1 amide bonds. The number of carbonyl (C=O) groups excluding carboxylic acids is 1. The fraction of sp³-hybridized carbons (Fsp3) is 0.455. The normalized spacial score (nSPS) is 14.7. The van der Waals surface area contributed by atoms with Crippen LogP contribution < -0.4 is 15.2 Å². The maximum atomic E-state index is 13.1. The van der Waals surface area contributed by atoms with Gasteiger partial charge in [-0.3, -0.25) is 4.79 Å². The molecule has 0 radical (unpaired) electrons. The second-order valence-electron chi connectivity index (χ2n) is 7.36. The molecular weight excluding hydrogens is 400 g/mol. The number of benzene rings is 1. The Bertz CT molecular complexity index is 999. The van der Waals surface area contributed by atoms with Gasteiger partial charge in [0.05, 0.1) is 12.8 Å². The molecule has 0 aliphatic carbocycles. The van der Waals surface area contributed by atoms with Crippen LogP contribution in [0.25, 0.3) is 16.2 Å². The van der Waals surface area contributed by atoms with Gasteiger partial charge in [0.25, 0.3) is 5.91 Å². The zero-order valence-corrected chi connectivity index (χ0v) is 18.6. The molecule has 2 N–H and O–H groups in total. The van der Waals surface area contributed by atoms with Crippen LogP contribution in [0.4, 0.5) is 0 Å². The lowest BCUT2D eigenvalue weighted by Crippen LogP contribution is -2.30. The van der Waals surface area contributed by atoms with Crippen LogP contribution in [0.5, 0.6) is 11.5 Å². The minimum atomic E-state index is -0.0508. The van der Waals surface area contributed by atoms with Crippen LogP contribution >= 0.6 is 11.8 Å². The van der Waals surface area contributed by atoms with Crippen molar-refractivity contribution in [3.05, 3.63) is 35.3 Å². The van der Waals surface area contributed by atoms with E-state index in [4.69, 9.17) is 20.2 Å². The van der Waals surface area contributed by atoms with Crippen molar-refractivity contribution in [2.24, 2.45) is 5.73 Å². The van der Waals surface area contributed by atoms with E-state index in [1.165, 1.54) is 5.56 Å². The van der Waals surface area contributed by atoms with E-state index >= 15 is 0 Å². The summed E-state index contributed by atoms with van der Waals surface area (Å²) in [5.74, 6) is 2.86. The fourth-order valence-electron chi connectivity index (χ4n) is 3.88. The molecule has 2 aliphatic rings. The Morgan fingerprint density at radius 2 is 2.20 bits per heavy atom. The van der Waals surface area contributed by atoms with E-state index in [1.54, 1.807) is 23.8 Å². The Morgan fingerprint density at radius 1 is 1.37 bits per heavy atom. The third-order valence-electron chi connectivity index (χ3n) is 5.54. The Labute approximate surface area is 181 Å². The van der Waals surface area contributed by atoms with Gasteiger partial charge in [-0.1, -0.05) is 6.08 Å². The van der Waals surface area contributed by atoms with Gasteiger partial charge in [-0.15, -0.1) is 11.8 Å². The third kappa shape index (κ3) is 3.58. The molecule has 0 saturated heterocycles. The zero-order valence-electron chi connectivity index (χ0n) is 17.7. The third-order valence-corrected chi connectivity index (χ3v) is 6.65. The molecule has 0 bridgehead atoms. The first-order valence-electron chi connectivity index (χ1n) is 10.3. The lowest BCUT2D eigenvalue weighted by Gasteiger charge is -2.24. The van der Waals surface area contributed by atoms with Crippen LogP contribution in [0.15, 0.2) is 18.2 Å². The summed E-state index contributed by atoms with van der Waals surface area (Å²) >= 11 is 1.80. The molecule has 4 rings (SSSR count). The van der Waals surface area contributed by atoms with E-state index in [9.17, 15) is 4.79 Å². The topological polar surface area (TPSA) is 82.6 Å². The number of methoxy groups -OCH3 is 1. The number of imidazole rings is 1. The first-order valence-corrected chi connectivity index (χ1v) is 11.3. The number of hydrogen-bond donors (Lipinski definition) is 1. The largest absolute Gasteiger partial charge is 0.493 e. The van der Waals surface area contributed by atoms with Crippen molar-refractivity contribution in [1.82, 2.24) is 14.5 Å². The fourth-order valence-corrected chi connectivity index (χ4v) is 4.85. The quantitative estimate of drug-likeness (QED) is 0.730. The summed E-state index contributed by atoms with van der Waals surface area (Å²) in [4.78, 5) is 20.8. The number of carbonyl (C=O) groups is 1. The van der Waals surface area contributed by atoms with Gasteiger partial charge < -0.3 is 24.7 Å². The SMILES string of the molecule is CCN(C)C(=O)c1nc(C2=CCCS2)c2n1CCc1cc(OC)c(OCCN)cc1-2. The van der Waals surface area contributed by atoms with Gasteiger partial charge in [-0.2, -0.15) is 0 Å². The number of hydrogen-bond acceptors (Lipinski definition) is 6. The van der Waals surface area contributed by atoms with Crippen LogP contribution in [0.2, 0.25) is 0 Å². The van der Waals surface area contributed by atoms with E-state index in [0.29, 0.717) is 43.6 Å². The smallest absolute Gasteiger partial charge is 0.289 e. The van der Waals surface area contributed by atoms with Crippen molar-refractivity contribution in [2.75, 3.05) is 39.6 Å². The van der Waals surface area contributed by atoms with Crippen molar-refractivity contribution in [3.63, 3.8) is 0 Å². The summed E-state index contributed by atoms with van der Waals surface area (Å²) in [5.41, 5.74) is 9.73. The molecule has 3 heterocycles. The summed E-state index contributed by atoms with van der Waals surface area (Å²) in [5, 5.41) is 0. The summed E-state index contributed by atoms with van der Waals surface area (Å²) in [6.45, 7) is 4.15. The molecule has 0 fully saturated rings. The number of aryl methyl sites for hydroxylation is 1. The minimum absolute atomic E-state index is 0.0508. The van der Waals surface area contributed by atoms with Crippen LogP contribution in [0.1, 0.15) is 35.2 Å². The summed E-state index contributed by atoms with van der Waals surface area (Å²) < 4.78 is 13.5. The molecule has 160 valence electrons. The zero-order chi connectivity index (χ0) is 21.3. The maximum Gasteiger partial charge on any atom is 0.289 e. The standard InChI is InChI=1S/C22H28N4O3S/c1-4-25(2)22(27)21-24-19(18-6-5-11-30-18)20-15-13-17(29-10-8-23)16(28-3)12-14(15)7-9-26(20)21/h6,12-13H,4-5,7-11,23H2,1-3H3. The summed E-state index contributed by atoms with van der Waals surface area (Å²) in [7, 11) is 3.46. The van der Waals surface area contributed by atoms with Gasteiger partial charge in [0.2, 0.25) is 0 Å². The Hall–Kier alpha value is -2.45.